The molecule has 0 aromatic heterocycles. The molecule has 0 saturated carbocycles. The van der Waals surface area contributed by atoms with Gasteiger partial charge in [0.25, 0.3) is 11.8 Å². The summed E-state index contributed by atoms with van der Waals surface area (Å²) in [5, 5.41) is 9.15. The topological polar surface area (TPSA) is 98.3 Å². The molecule has 0 heterocycles. The van der Waals surface area contributed by atoms with Crippen LogP contribution in [0, 0.1) is 0 Å². The zero-order chi connectivity index (χ0) is 20.4. The highest BCUT2D eigenvalue weighted by atomic mass is 35.5. The summed E-state index contributed by atoms with van der Waals surface area (Å²) in [6.45, 7) is 0.0192. The van der Waals surface area contributed by atoms with Gasteiger partial charge in [0, 0.05) is 11.6 Å². The number of carbonyl (C=O) groups excluding carboxylic acids is 2. The van der Waals surface area contributed by atoms with Crippen molar-refractivity contribution in [3.05, 3.63) is 53.1 Å². The van der Waals surface area contributed by atoms with Crippen LogP contribution < -0.4 is 20.1 Å². The summed E-state index contributed by atoms with van der Waals surface area (Å²) in [7, 11) is 3.06. The molecule has 0 unspecified atom stereocenters. The lowest BCUT2D eigenvalue weighted by atomic mass is 10.2. The lowest BCUT2D eigenvalue weighted by Gasteiger charge is -2.08. The highest BCUT2D eigenvalue weighted by Gasteiger charge is 2.07. The van der Waals surface area contributed by atoms with E-state index in [9.17, 15) is 9.59 Å². The summed E-state index contributed by atoms with van der Waals surface area (Å²) in [6, 6.07) is 12.1. The van der Waals surface area contributed by atoms with Gasteiger partial charge in [0.2, 0.25) is 0 Å². The molecule has 0 saturated heterocycles. The molecule has 2 aromatic rings. The summed E-state index contributed by atoms with van der Waals surface area (Å²) < 4.78 is 10.2. The Morgan fingerprint density at radius 1 is 1.11 bits per heavy atom. The van der Waals surface area contributed by atoms with Gasteiger partial charge in [0.05, 0.1) is 19.9 Å². The van der Waals surface area contributed by atoms with Crippen LogP contribution in [0.5, 0.6) is 11.5 Å². The second kappa shape index (κ2) is 10.8. The van der Waals surface area contributed by atoms with Crippen LogP contribution in [0.1, 0.15) is 5.56 Å². The molecule has 0 bridgehead atoms. The quantitative estimate of drug-likeness (QED) is 0.493. The van der Waals surface area contributed by atoms with Gasteiger partial charge in [-0.15, -0.1) is 0 Å². The molecule has 8 nitrogen and oxygen atoms in total. The van der Waals surface area contributed by atoms with Crippen molar-refractivity contribution < 1.29 is 23.9 Å². The number of hydrogen-bond donors (Lipinski definition) is 2. The standard InChI is InChI=1S/C19H20ClN3O5/c1-26-15-6-3-13(4-7-15)10-21-19(25)12-28-22-11-18(24)23-16-9-14(20)5-8-17(16)27-2/h3-9,11H,10,12H2,1-2H3,(H,21,25)(H,23,24)/b22-11-. The molecule has 2 rings (SSSR count). The molecule has 28 heavy (non-hydrogen) atoms. The number of rotatable bonds is 9. The van der Waals surface area contributed by atoms with E-state index in [-0.39, 0.29) is 12.5 Å². The highest BCUT2D eigenvalue weighted by Crippen LogP contribution is 2.27. The molecule has 0 spiro atoms. The maximum absolute atomic E-state index is 11.8. The third kappa shape index (κ3) is 6.81. The predicted octanol–water partition coefficient (Wildman–Crippen LogP) is 2.61. The monoisotopic (exact) mass is 405 g/mol. The molecular weight excluding hydrogens is 386 g/mol. The summed E-state index contributed by atoms with van der Waals surface area (Å²) in [4.78, 5) is 28.4. The van der Waals surface area contributed by atoms with Crippen LogP contribution in [0.3, 0.4) is 0 Å². The first-order valence-corrected chi connectivity index (χ1v) is 8.59. The van der Waals surface area contributed by atoms with Gasteiger partial charge in [-0.1, -0.05) is 28.9 Å². The number of methoxy groups -OCH3 is 2. The number of carbonyl (C=O) groups is 2. The van der Waals surface area contributed by atoms with E-state index >= 15 is 0 Å². The highest BCUT2D eigenvalue weighted by molar-refractivity contribution is 6.33. The Morgan fingerprint density at radius 2 is 1.86 bits per heavy atom. The van der Waals surface area contributed by atoms with E-state index in [1.54, 1.807) is 37.4 Å². The minimum Gasteiger partial charge on any atom is -0.497 e. The third-order valence-electron chi connectivity index (χ3n) is 3.51. The van der Waals surface area contributed by atoms with Gasteiger partial charge in [0.1, 0.15) is 17.7 Å². The smallest absolute Gasteiger partial charge is 0.270 e. The van der Waals surface area contributed by atoms with Crippen LogP contribution in [0.4, 0.5) is 5.69 Å². The second-order valence-corrected chi connectivity index (χ2v) is 5.90. The van der Waals surface area contributed by atoms with E-state index in [0.29, 0.717) is 23.0 Å². The first-order chi connectivity index (χ1) is 13.5. The fourth-order valence-corrected chi connectivity index (χ4v) is 2.29. The summed E-state index contributed by atoms with van der Waals surface area (Å²) in [5.74, 6) is 0.260. The van der Waals surface area contributed by atoms with Crippen molar-refractivity contribution >= 4 is 35.3 Å². The number of nitrogens with zero attached hydrogens (tertiary/aromatic N) is 1. The molecule has 2 amide bonds. The maximum Gasteiger partial charge on any atom is 0.270 e. The number of oxime groups is 1. The fraction of sp³-hybridized carbons (Fsp3) is 0.211. The van der Waals surface area contributed by atoms with Gasteiger partial charge in [-0.2, -0.15) is 0 Å². The summed E-state index contributed by atoms with van der Waals surface area (Å²) >= 11 is 5.89. The van der Waals surface area contributed by atoms with Crippen molar-refractivity contribution in [2.24, 2.45) is 5.16 Å². The molecule has 9 heteroatoms. The van der Waals surface area contributed by atoms with E-state index in [4.69, 9.17) is 25.9 Å². The maximum atomic E-state index is 11.8. The SMILES string of the molecule is COc1ccc(CNC(=O)CO/N=C\C(=O)Nc2cc(Cl)ccc2OC)cc1. The van der Waals surface area contributed by atoms with Gasteiger partial charge in [-0.25, -0.2) is 0 Å². The molecule has 0 fully saturated rings. The van der Waals surface area contributed by atoms with Crippen molar-refractivity contribution in [1.29, 1.82) is 0 Å². The average molecular weight is 406 g/mol. The van der Waals surface area contributed by atoms with Crippen LogP contribution >= 0.6 is 11.6 Å². The first kappa shape index (κ1) is 21.0. The van der Waals surface area contributed by atoms with E-state index in [0.717, 1.165) is 17.5 Å². The minimum absolute atomic E-state index is 0.319. The van der Waals surface area contributed by atoms with Gasteiger partial charge >= 0.3 is 0 Å². The number of nitrogens with one attached hydrogen (secondary N) is 2. The fourth-order valence-electron chi connectivity index (χ4n) is 2.12. The van der Waals surface area contributed by atoms with Gasteiger partial charge in [-0.05, 0) is 35.9 Å². The van der Waals surface area contributed by atoms with Gasteiger partial charge in [-0.3, -0.25) is 9.59 Å². The molecule has 2 aromatic carbocycles. The summed E-state index contributed by atoms with van der Waals surface area (Å²) in [5.41, 5.74) is 1.30. The molecule has 0 aliphatic heterocycles. The van der Waals surface area contributed by atoms with Crippen molar-refractivity contribution in [2.45, 2.75) is 6.54 Å². The molecule has 148 valence electrons. The molecule has 2 N–H and O–H groups in total. The molecular formula is C19H20ClN3O5. The Bertz CT molecular complexity index is 840. The molecule has 0 aliphatic rings. The molecule has 0 atom stereocenters. The number of halogens is 1. The van der Waals surface area contributed by atoms with E-state index in [1.165, 1.54) is 7.11 Å². The van der Waals surface area contributed by atoms with Crippen LogP contribution in [0.15, 0.2) is 47.6 Å². The Kier molecular flexibility index (Phi) is 8.11. The van der Waals surface area contributed by atoms with Crippen LogP contribution in [-0.2, 0) is 21.0 Å². The van der Waals surface area contributed by atoms with E-state index in [2.05, 4.69) is 15.8 Å². The minimum atomic E-state index is -0.556. The first-order valence-electron chi connectivity index (χ1n) is 8.21. The largest absolute Gasteiger partial charge is 0.497 e. The Labute approximate surface area is 167 Å². The van der Waals surface area contributed by atoms with E-state index in [1.807, 2.05) is 12.1 Å². The van der Waals surface area contributed by atoms with E-state index < -0.39 is 5.91 Å². The summed E-state index contributed by atoms with van der Waals surface area (Å²) in [6.07, 6.45) is 0.914. The van der Waals surface area contributed by atoms with Crippen molar-refractivity contribution in [3.8, 4) is 11.5 Å². The Balaban J connectivity index is 1.72. The van der Waals surface area contributed by atoms with Crippen LogP contribution in [0.25, 0.3) is 0 Å². The number of ether oxygens (including phenoxy) is 2. The normalized spacial score (nSPS) is 10.4. The Morgan fingerprint density at radius 3 is 2.54 bits per heavy atom. The predicted molar refractivity (Wildman–Crippen MR) is 106 cm³/mol. The second-order valence-electron chi connectivity index (χ2n) is 5.47. The number of hydrogen-bond acceptors (Lipinski definition) is 6. The van der Waals surface area contributed by atoms with Crippen molar-refractivity contribution in [3.63, 3.8) is 0 Å². The lowest BCUT2D eigenvalue weighted by molar-refractivity contribution is -0.126. The number of amides is 2. The van der Waals surface area contributed by atoms with Gasteiger partial charge in [0.15, 0.2) is 6.61 Å². The molecule has 0 aliphatic carbocycles. The Hall–Kier alpha value is -3.26. The van der Waals surface area contributed by atoms with Crippen LogP contribution in [0.2, 0.25) is 5.02 Å². The van der Waals surface area contributed by atoms with Gasteiger partial charge < -0.3 is 24.9 Å². The van der Waals surface area contributed by atoms with Crippen molar-refractivity contribution in [1.82, 2.24) is 5.32 Å². The number of anilines is 1. The zero-order valence-electron chi connectivity index (χ0n) is 15.4. The lowest BCUT2D eigenvalue weighted by Crippen LogP contribution is -2.26. The van der Waals surface area contributed by atoms with Crippen molar-refractivity contribution in [2.75, 3.05) is 26.1 Å². The zero-order valence-corrected chi connectivity index (χ0v) is 16.2. The third-order valence-corrected chi connectivity index (χ3v) is 3.74. The molecule has 0 radical (unpaired) electrons. The number of benzene rings is 2. The average Bonchev–Trinajstić information content (AvgIpc) is 2.70. The van der Waals surface area contributed by atoms with Crippen LogP contribution in [-0.4, -0.2) is 38.9 Å².